The van der Waals surface area contributed by atoms with Crippen LogP contribution in [0.3, 0.4) is 0 Å². The highest BCUT2D eigenvalue weighted by atomic mass is 19.2. The number of halogens is 1. The van der Waals surface area contributed by atoms with Gasteiger partial charge in [0.15, 0.2) is 5.82 Å². The van der Waals surface area contributed by atoms with Crippen LogP contribution in [0.15, 0.2) is 18.6 Å². The number of rotatable bonds is 1. The van der Waals surface area contributed by atoms with Gasteiger partial charge < -0.3 is 0 Å². The van der Waals surface area contributed by atoms with E-state index >= 15 is 0 Å². The van der Waals surface area contributed by atoms with Crippen LogP contribution in [0.25, 0.3) is 0 Å². The SMILES string of the molecule is FNc1cnccn1. The number of nitrogens with zero attached hydrogens (tertiary/aromatic N) is 2. The molecule has 0 aliphatic rings. The molecule has 4 heteroatoms. The fraction of sp³-hybridized carbons (Fsp3) is 0. The summed E-state index contributed by atoms with van der Waals surface area (Å²) in [6, 6.07) is 0. The van der Waals surface area contributed by atoms with Gasteiger partial charge in [-0.2, -0.15) is 0 Å². The Kier molecular flexibility index (Phi) is 1.37. The summed E-state index contributed by atoms with van der Waals surface area (Å²) in [6.45, 7) is 0. The first-order valence-corrected chi connectivity index (χ1v) is 2.06. The van der Waals surface area contributed by atoms with Crippen LogP contribution in [0.5, 0.6) is 0 Å². The zero-order valence-corrected chi connectivity index (χ0v) is 4.00. The van der Waals surface area contributed by atoms with Gasteiger partial charge >= 0.3 is 0 Å². The first-order valence-electron chi connectivity index (χ1n) is 2.06. The van der Waals surface area contributed by atoms with Gasteiger partial charge in [0.25, 0.3) is 0 Å². The lowest BCUT2D eigenvalue weighted by atomic mass is 10.7. The lowest BCUT2D eigenvalue weighted by Gasteiger charge is -1.88. The molecule has 1 aromatic rings. The summed E-state index contributed by atoms with van der Waals surface area (Å²) in [5.41, 5.74) is 1.35. The molecule has 1 N–H and O–H groups in total. The average molecular weight is 113 g/mol. The number of hydrogen-bond donors (Lipinski definition) is 1. The van der Waals surface area contributed by atoms with Crippen LogP contribution in [0.2, 0.25) is 0 Å². The third kappa shape index (κ3) is 0.900. The van der Waals surface area contributed by atoms with Crippen LogP contribution in [0, 0.1) is 0 Å². The predicted octanol–water partition coefficient (Wildman–Crippen LogP) is 0.773. The molecule has 0 saturated carbocycles. The second-order valence-electron chi connectivity index (χ2n) is 1.19. The van der Waals surface area contributed by atoms with Gasteiger partial charge in [0.2, 0.25) is 0 Å². The molecule has 0 saturated heterocycles. The van der Waals surface area contributed by atoms with E-state index in [0.29, 0.717) is 0 Å². The van der Waals surface area contributed by atoms with Crippen LogP contribution in [-0.2, 0) is 0 Å². The zero-order chi connectivity index (χ0) is 5.82. The van der Waals surface area contributed by atoms with E-state index < -0.39 is 0 Å². The minimum Gasteiger partial charge on any atom is -0.259 e. The van der Waals surface area contributed by atoms with Crippen LogP contribution in [0.1, 0.15) is 0 Å². The number of nitrogens with one attached hydrogen (secondary N) is 1. The minimum atomic E-state index is 0.132. The van der Waals surface area contributed by atoms with Crippen LogP contribution < -0.4 is 5.54 Å². The van der Waals surface area contributed by atoms with Gasteiger partial charge in [0.1, 0.15) is 0 Å². The summed E-state index contributed by atoms with van der Waals surface area (Å²) in [5.74, 6) is 0.132. The van der Waals surface area contributed by atoms with Crippen molar-refractivity contribution in [3.8, 4) is 0 Å². The largest absolute Gasteiger partial charge is 0.259 e. The van der Waals surface area contributed by atoms with E-state index in [4.69, 9.17) is 0 Å². The normalized spacial score (nSPS) is 8.62. The summed E-state index contributed by atoms with van der Waals surface area (Å²) >= 11 is 0. The van der Waals surface area contributed by atoms with Crippen molar-refractivity contribution in [3.63, 3.8) is 0 Å². The number of anilines is 1. The van der Waals surface area contributed by atoms with E-state index in [1.54, 1.807) is 0 Å². The maximum atomic E-state index is 11.4. The van der Waals surface area contributed by atoms with Gasteiger partial charge in [-0.1, -0.05) is 0 Å². The molecule has 3 nitrogen and oxygen atoms in total. The van der Waals surface area contributed by atoms with Crippen molar-refractivity contribution >= 4 is 5.82 Å². The molecule has 0 aliphatic heterocycles. The molecular weight excluding hydrogens is 109 g/mol. The lowest BCUT2D eigenvalue weighted by molar-refractivity contribution is 0.611. The Hall–Kier alpha value is -1.19. The molecular formula is C4H4FN3. The maximum Gasteiger partial charge on any atom is 0.172 e. The fourth-order valence-corrected chi connectivity index (χ4v) is 0.348. The van der Waals surface area contributed by atoms with E-state index in [2.05, 4.69) is 9.97 Å². The first-order chi connectivity index (χ1) is 3.93. The Morgan fingerprint density at radius 1 is 1.50 bits per heavy atom. The molecule has 1 heterocycles. The van der Waals surface area contributed by atoms with Crippen molar-refractivity contribution in [3.05, 3.63) is 18.6 Å². The van der Waals surface area contributed by atoms with Gasteiger partial charge in [-0.3, -0.25) is 4.98 Å². The maximum absolute atomic E-state index is 11.4. The highest BCUT2D eigenvalue weighted by Crippen LogP contribution is 1.94. The van der Waals surface area contributed by atoms with Crippen LogP contribution >= 0.6 is 0 Å². The van der Waals surface area contributed by atoms with Crippen molar-refractivity contribution in [2.75, 3.05) is 5.54 Å². The molecule has 1 rings (SSSR count). The summed E-state index contributed by atoms with van der Waals surface area (Å²) in [7, 11) is 0. The molecule has 0 aliphatic carbocycles. The molecule has 0 fully saturated rings. The van der Waals surface area contributed by atoms with Crippen molar-refractivity contribution in [2.24, 2.45) is 0 Å². The Morgan fingerprint density at radius 2 is 2.38 bits per heavy atom. The summed E-state index contributed by atoms with van der Waals surface area (Å²) in [5, 5.41) is 0. The smallest absolute Gasteiger partial charge is 0.172 e. The van der Waals surface area contributed by atoms with Gasteiger partial charge in [-0.25, -0.2) is 10.5 Å². The van der Waals surface area contributed by atoms with Crippen LogP contribution in [0.4, 0.5) is 10.3 Å². The van der Waals surface area contributed by atoms with Gasteiger partial charge in [-0.05, 0) is 0 Å². The molecule has 0 spiro atoms. The van der Waals surface area contributed by atoms with E-state index in [1.165, 1.54) is 24.1 Å². The number of aromatic nitrogens is 2. The number of hydrogen-bond acceptors (Lipinski definition) is 3. The third-order valence-electron chi connectivity index (χ3n) is 0.660. The molecule has 42 valence electrons. The molecule has 8 heavy (non-hydrogen) atoms. The molecule has 0 amide bonds. The quantitative estimate of drug-likeness (QED) is 0.546. The molecule has 0 bridgehead atoms. The fourth-order valence-electron chi connectivity index (χ4n) is 0.348. The Bertz CT molecular complexity index is 153. The first kappa shape index (κ1) is 4.96. The molecule has 0 unspecified atom stereocenters. The van der Waals surface area contributed by atoms with E-state index in [1.807, 2.05) is 0 Å². The lowest BCUT2D eigenvalue weighted by Crippen LogP contribution is -1.85. The topological polar surface area (TPSA) is 37.8 Å². The van der Waals surface area contributed by atoms with Gasteiger partial charge in [-0.15, -0.1) is 4.48 Å². The van der Waals surface area contributed by atoms with E-state index in [-0.39, 0.29) is 5.82 Å². The molecule has 1 aromatic heterocycles. The van der Waals surface area contributed by atoms with Crippen LogP contribution in [-0.4, -0.2) is 9.97 Å². The zero-order valence-electron chi connectivity index (χ0n) is 4.00. The second kappa shape index (κ2) is 2.20. The monoisotopic (exact) mass is 113 g/mol. The van der Waals surface area contributed by atoms with E-state index in [9.17, 15) is 4.48 Å². The van der Waals surface area contributed by atoms with Gasteiger partial charge in [0.05, 0.1) is 6.20 Å². The highest BCUT2D eigenvalue weighted by molar-refractivity contribution is 5.25. The van der Waals surface area contributed by atoms with Crippen molar-refractivity contribution in [1.29, 1.82) is 0 Å². The van der Waals surface area contributed by atoms with Crippen molar-refractivity contribution in [1.82, 2.24) is 9.97 Å². The van der Waals surface area contributed by atoms with Crippen molar-refractivity contribution < 1.29 is 4.48 Å². The average Bonchev–Trinajstić information content (AvgIpc) is 1.90. The summed E-state index contributed by atoms with van der Waals surface area (Å²) in [4.78, 5) is 7.14. The summed E-state index contributed by atoms with van der Waals surface area (Å²) < 4.78 is 11.4. The Morgan fingerprint density at radius 3 is 2.75 bits per heavy atom. The minimum absolute atomic E-state index is 0.132. The van der Waals surface area contributed by atoms with Gasteiger partial charge in [0, 0.05) is 12.4 Å². The molecule has 0 radical (unpaired) electrons. The molecule has 0 aromatic carbocycles. The third-order valence-corrected chi connectivity index (χ3v) is 0.660. The predicted molar refractivity (Wildman–Crippen MR) is 26.8 cm³/mol. The van der Waals surface area contributed by atoms with E-state index in [0.717, 1.165) is 0 Å². The van der Waals surface area contributed by atoms with Crippen molar-refractivity contribution in [2.45, 2.75) is 0 Å². The summed E-state index contributed by atoms with van der Waals surface area (Å²) in [6.07, 6.45) is 4.17. The standard InChI is InChI=1S/C4H4FN3/c5-8-4-3-6-1-2-7-4/h1-3H,(H,7,8). The molecule has 0 atom stereocenters. The second-order valence-corrected chi connectivity index (χ2v) is 1.19. The highest BCUT2D eigenvalue weighted by Gasteiger charge is 1.83. The Balaban J connectivity index is 2.83. The Labute approximate surface area is 45.5 Å².